The molecule has 0 saturated carbocycles. The first-order valence-electron chi connectivity index (χ1n) is 10.2. The van der Waals surface area contributed by atoms with Crippen LogP contribution in [0.25, 0.3) is 0 Å². The van der Waals surface area contributed by atoms with Gasteiger partial charge in [0.1, 0.15) is 17.9 Å². The van der Waals surface area contributed by atoms with E-state index in [-0.39, 0.29) is 43.0 Å². The Hall–Kier alpha value is -3.37. The van der Waals surface area contributed by atoms with Gasteiger partial charge in [0.05, 0.1) is 12.6 Å². The average Bonchev–Trinajstić information content (AvgIpc) is 3.18. The van der Waals surface area contributed by atoms with Gasteiger partial charge in [0.25, 0.3) is 6.47 Å². The van der Waals surface area contributed by atoms with Gasteiger partial charge in [-0.05, 0) is 18.6 Å². The van der Waals surface area contributed by atoms with Crippen molar-refractivity contribution in [2.24, 2.45) is 0 Å². The van der Waals surface area contributed by atoms with E-state index in [0.717, 1.165) is 18.6 Å². The standard InChI is InChI=1S/C19H25N5O4.CH2O2/c1-22-12-17(25)24-11-13(10-16(24)18(22)26)21-19(27)23-8-4-15(5-9-23)28-14-2-6-20-7-3-14;2-1-3/h2-3,6-7,13,15-16H,4-5,8-12H2,1H3,(H,21,27);1H,(H,2,3)/t13-,16-;/m0./s1. The second-order valence-electron chi connectivity index (χ2n) is 7.73. The molecular weight excluding hydrogens is 406 g/mol. The molecule has 4 amide bonds. The molecule has 3 aliphatic rings. The van der Waals surface area contributed by atoms with Gasteiger partial charge in [-0.15, -0.1) is 0 Å². The topological polar surface area (TPSA) is 132 Å². The molecule has 1 aromatic heterocycles. The molecule has 1 aromatic rings. The third-order valence-electron chi connectivity index (χ3n) is 5.66. The largest absolute Gasteiger partial charge is 0.490 e. The SMILES string of the molecule is CN1CC(=O)N2C[C@@H](NC(=O)N3CCC(Oc4ccncc4)CC3)C[C@H]2C1=O.O=CO. The predicted molar refractivity (Wildman–Crippen MR) is 108 cm³/mol. The first-order chi connectivity index (χ1) is 14.9. The summed E-state index contributed by atoms with van der Waals surface area (Å²) >= 11 is 0. The first-order valence-corrected chi connectivity index (χ1v) is 10.2. The van der Waals surface area contributed by atoms with Crippen molar-refractivity contribution in [3.8, 4) is 5.75 Å². The summed E-state index contributed by atoms with van der Waals surface area (Å²) in [5, 5.41) is 9.89. The molecule has 3 saturated heterocycles. The number of likely N-dealkylation sites (N-methyl/N-ethyl adjacent to an activating group) is 1. The van der Waals surface area contributed by atoms with Crippen LogP contribution < -0.4 is 10.1 Å². The van der Waals surface area contributed by atoms with Gasteiger partial charge in [-0.3, -0.25) is 19.4 Å². The number of likely N-dealkylation sites (tertiary alicyclic amines) is 1. The summed E-state index contributed by atoms with van der Waals surface area (Å²) < 4.78 is 5.93. The van der Waals surface area contributed by atoms with E-state index in [9.17, 15) is 14.4 Å². The summed E-state index contributed by atoms with van der Waals surface area (Å²) in [6.07, 6.45) is 5.47. The number of piperidine rings is 1. The van der Waals surface area contributed by atoms with Crippen LogP contribution >= 0.6 is 0 Å². The molecule has 0 unspecified atom stereocenters. The lowest BCUT2D eigenvalue weighted by molar-refractivity contribution is -0.152. The van der Waals surface area contributed by atoms with Crippen LogP contribution in [0.1, 0.15) is 19.3 Å². The van der Waals surface area contributed by atoms with Gasteiger partial charge in [0.2, 0.25) is 11.8 Å². The zero-order valence-electron chi connectivity index (χ0n) is 17.3. The maximum absolute atomic E-state index is 12.6. The predicted octanol–water partition coefficient (Wildman–Crippen LogP) is -0.223. The highest BCUT2D eigenvalue weighted by Gasteiger charge is 2.45. The van der Waals surface area contributed by atoms with Crippen molar-refractivity contribution in [1.82, 2.24) is 25.0 Å². The molecule has 0 aliphatic carbocycles. The van der Waals surface area contributed by atoms with Crippen molar-refractivity contribution in [1.29, 1.82) is 0 Å². The number of piperazine rings is 1. The number of carbonyl (C=O) groups is 4. The molecular formula is C20H27N5O6. The fourth-order valence-corrected chi connectivity index (χ4v) is 4.13. The first kappa shape index (κ1) is 22.3. The number of hydrogen-bond acceptors (Lipinski definition) is 6. The molecule has 0 radical (unpaired) electrons. The summed E-state index contributed by atoms with van der Waals surface area (Å²) in [6.45, 7) is 1.49. The molecule has 31 heavy (non-hydrogen) atoms. The molecule has 2 N–H and O–H groups in total. The van der Waals surface area contributed by atoms with E-state index >= 15 is 0 Å². The van der Waals surface area contributed by atoms with Crippen molar-refractivity contribution in [3.05, 3.63) is 24.5 Å². The molecule has 11 heteroatoms. The Morgan fingerprint density at radius 3 is 2.55 bits per heavy atom. The Morgan fingerprint density at radius 2 is 1.90 bits per heavy atom. The average molecular weight is 433 g/mol. The van der Waals surface area contributed by atoms with E-state index in [1.54, 1.807) is 29.2 Å². The minimum Gasteiger partial charge on any atom is -0.490 e. The Labute approximate surface area is 179 Å². The van der Waals surface area contributed by atoms with E-state index in [4.69, 9.17) is 14.6 Å². The normalized spacial score (nSPS) is 23.6. The number of ether oxygens (including phenoxy) is 1. The van der Waals surface area contributed by atoms with Gasteiger partial charge in [-0.2, -0.15) is 0 Å². The number of carbonyl (C=O) groups excluding carboxylic acids is 3. The number of pyridine rings is 1. The number of rotatable bonds is 3. The quantitative estimate of drug-likeness (QED) is 0.630. The highest BCUT2D eigenvalue weighted by atomic mass is 16.5. The molecule has 168 valence electrons. The molecule has 3 fully saturated rings. The Bertz CT molecular complexity index is 799. The van der Waals surface area contributed by atoms with E-state index in [0.29, 0.717) is 26.1 Å². The fraction of sp³-hybridized carbons (Fsp3) is 0.550. The highest BCUT2D eigenvalue weighted by molar-refractivity contribution is 5.95. The van der Waals surface area contributed by atoms with E-state index in [1.807, 2.05) is 12.1 Å². The third-order valence-corrected chi connectivity index (χ3v) is 5.66. The number of hydrogen-bond donors (Lipinski definition) is 2. The second-order valence-corrected chi connectivity index (χ2v) is 7.73. The summed E-state index contributed by atoms with van der Waals surface area (Å²) in [5.41, 5.74) is 0. The summed E-state index contributed by atoms with van der Waals surface area (Å²) in [4.78, 5) is 54.2. The Morgan fingerprint density at radius 1 is 1.26 bits per heavy atom. The molecule has 0 spiro atoms. The lowest BCUT2D eigenvalue weighted by Crippen LogP contribution is -2.56. The van der Waals surface area contributed by atoms with Crippen molar-refractivity contribution in [3.63, 3.8) is 0 Å². The Kier molecular flexibility index (Phi) is 7.27. The van der Waals surface area contributed by atoms with Crippen molar-refractivity contribution >= 4 is 24.3 Å². The van der Waals surface area contributed by atoms with Crippen molar-refractivity contribution in [2.75, 3.05) is 33.2 Å². The van der Waals surface area contributed by atoms with Crippen LogP contribution in [0.15, 0.2) is 24.5 Å². The van der Waals surface area contributed by atoms with Crippen LogP contribution in [-0.2, 0) is 14.4 Å². The van der Waals surface area contributed by atoms with Crippen LogP contribution in [-0.4, -0.2) is 101 Å². The number of urea groups is 1. The van der Waals surface area contributed by atoms with E-state index in [2.05, 4.69) is 10.3 Å². The maximum Gasteiger partial charge on any atom is 0.317 e. The molecule has 0 bridgehead atoms. The van der Waals surface area contributed by atoms with Gasteiger partial charge in [0.15, 0.2) is 0 Å². The summed E-state index contributed by atoms with van der Waals surface area (Å²) in [6, 6.07) is 2.88. The van der Waals surface area contributed by atoms with Crippen LogP contribution in [0.3, 0.4) is 0 Å². The molecule has 4 rings (SSSR count). The van der Waals surface area contributed by atoms with Gasteiger partial charge < -0.3 is 29.9 Å². The zero-order chi connectivity index (χ0) is 22.4. The number of carboxylic acid groups (broad SMARTS) is 1. The molecule has 3 aliphatic heterocycles. The monoisotopic (exact) mass is 433 g/mol. The molecule has 4 heterocycles. The number of nitrogens with zero attached hydrogens (tertiary/aromatic N) is 4. The molecule has 2 atom stereocenters. The van der Waals surface area contributed by atoms with Gasteiger partial charge in [-0.25, -0.2) is 4.79 Å². The molecule has 11 nitrogen and oxygen atoms in total. The minimum absolute atomic E-state index is 0.0505. The smallest absolute Gasteiger partial charge is 0.317 e. The van der Waals surface area contributed by atoms with Crippen LogP contribution in [0.5, 0.6) is 5.75 Å². The van der Waals surface area contributed by atoms with Crippen molar-refractivity contribution in [2.45, 2.75) is 37.5 Å². The number of aromatic nitrogens is 1. The molecule has 0 aromatic carbocycles. The van der Waals surface area contributed by atoms with Gasteiger partial charge in [-0.1, -0.05) is 0 Å². The van der Waals surface area contributed by atoms with Crippen LogP contribution in [0.4, 0.5) is 4.79 Å². The highest BCUT2D eigenvalue weighted by Crippen LogP contribution is 2.24. The fourth-order valence-electron chi connectivity index (χ4n) is 4.13. The second kappa shape index (κ2) is 10.1. The number of nitrogens with one attached hydrogen (secondary N) is 1. The van der Waals surface area contributed by atoms with E-state index < -0.39 is 6.04 Å². The Balaban J connectivity index is 0.000000858. The lowest BCUT2D eigenvalue weighted by Gasteiger charge is -2.33. The van der Waals surface area contributed by atoms with Crippen LogP contribution in [0, 0.1) is 0 Å². The van der Waals surface area contributed by atoms with E-state index in [1.165, 1.54) is 4.90 Å². The number of amides is 4. The minimum atomic E-state index is -0.448. The summed E-state index contributed by atoms with van der Waals surface area (Å²) in [7, 11) is 1.64. The maximum atomic E-state index is 12.6. The zero-order valence-corrected chi connectivity index (χ0v) is 17.3. The lowest BCUT2D eigenvalue weighted by atomic mass is 10.1. The number of fused-ring (bicyclic) bond motifs is 1. The van der Waals surface area contributed by atoms with Gasteiger partial charge >= 0.3 is 6.03 Å². The van der Waals surface area contributed by atoms with Crippen molar-refractivity contribution < 1.29 is 29.0 Å². The summed E-state index contributed by atoms with van der Waals surface area (Å²) in [5.74, 6) is 0.683. The van der Waals surface area contributed by atoms with Crippen LogP contribution in [0.2, 0.25) is 0 Å². The third kappa shape index (κ3) is 5.41. The van der Waals surface area contributed by atoms with Gasteiger partial charge in [0, 0.05) is 51.9 Å².